The normalized spacial score (nSPS) is 16.7. The van der Waals surface area contributed by atoms with Gasteiger partial charge in [-0.3, -0.25) is 9.80 Å². The Balaban J connectivity index is 1.37. The maximum atomic E-state index is 5.22. The van der Waals surface area contributed by atoms with Gasteiger partial charge in [-0.2, -0.15) is 4.98 Å². The van der Waals surface area contributed by atoms with Gasteiger partial charge in [-0.1, -0.05) is 47.6 Å². The van der Waals surface area contributed by atoms with Gasteiger partial charge in [0.15, 0.2) is 5.82 Å². The Kier molecular flexibility index (Phi) is 4.28. The molecule has 3 aromatic rings. The first-order valence-electron chi connectivity index (χ1n) is 8.48. The molecular formula is C19H22N4O. The number of rotatable bonds is 4. The quantitative estimate of drug-likeness (QED) is 0.739. The number of aryl methyl sites for hydroxylation is 1. The minimum absolute atomic E-state index is 0.708. The van der Waals surface area contributed by atoms with Gasteiger partial charge in [0.25, 0.3) is 0 Å². The minimum Gasteiger partial charge on any atom is -0.338 e. The van der Waals surface area contributed by atoms with E-state index in [0.29, 0.717) is 5.82 Å². The molecule has 5 heteroatoms. The van der Waals surface area contributed by atoms with Crippen LogP contribution in [0.2, 0.25) is 0 Å². The van der Waals surface area contributed by atoms with Gasteiger partial charge in [0, 0.05) is 32.7 Å². The Morgan fingerprint density at radius 1 is 0.917 bits per heavy atom. The van der Waals surface area contributed by atoms with Crippen molar-refractivity contribution in [1.82, 2.24) is 19.9 Å². The number of aromatic nitrogens is 2. The molecule has 0 atom stereocenters. The highest BCUT2D eigenvalue weighted by atomic mass is 16.5. The largest absolute Gasteiger partial charge is 0.338 e. The highest BCUT2D eigenvalue weighted by molar-refractivity contribution is 5.85. The molecule has 1 aliphatic rings. The Hall–Kier alpha value is -2.24. The molecule has 0 radical (unpaired) electrons. The van der Waals surface area contributed by atoms with Crippen LogP contribution in [0.5, 0.6) is 0 Å². The van der Waals surface area contributed by atoms with E-state index in [9.17, 15) is 0 Å². The summed E-state index contributed by atoms with van der Waals surface area (Å²) in [5.74, 6) is 1.43. The first kappa shape index (κ1) is 15.3. The van der Waals surface area contributed by atoms with Crippen molar-refractivity contribution in [3.63, 3.8) is 0 Å². The molecule has 1 fully saturated rings. The molecule has 2 aromatic carbocycles. The van der Waals surface area contributed by atoms with Gasteiger partial charge in [0.05, 0.1) is 6.54 Å². The lowest BCUT2D eigenvalue weighted by atomic mass is 10.0. The van der Waals surface area contributed by atoms with E-state index in [2.05, 4.69) is 62.4 Å². The third kappa shape index (κ3) is 3.32. The summed E-state index contributed by atoms with van der Waals surface area (Å²) in [6.45, 7) is 7.82. The van der Waals surface area contributed by atoms with Crippen molar-refractivity contribution < 1.29 is 4.52 Å². The van der Waals surface area contributed by atoms with Crippen LogP contribution in [0.25, 0.3) is 10.8 Å². The van der Waals surface area contributed by atoms with Crippen LogP contribution in [0.4, 0.5) is 0 Å². The molecule has 0 N–H and O–H groups in total. The second-order valence-corrected chi connectivity index (χ2v) is 6.43. The average molecular weight is 322 g/mol. The van der Waals surface area contributed by atoms with Gasteiger partial charge < -0.3 is 4.52 Å². The number of piperazine rings is 1. The van der Waals surface area contributed by atoms with Crippen LogP contribution >= 0.6 is 0 Å². The molecule has 2 heterocycles. The standard InChI is InChI=1S/C19H22N4O/c1-15-20-19(24-21-15)14-23-11-9-22(10-12-23)13-17-7-4-6-16-5-2-3-8-18(16)17/h2-8H,9-14H2,1H3. The summed E-state index contributed by atoms with van der Waals surface area (Å²) in [7, 11) is 0. The summed E-state index contributed by atoms with van der Waals surface area (Å²) in [4.78, 5) is 9.20. The summed E-state index contributed by atoms with van der Waals surface area (Å²) in [5.41, 5.74) is 1.41. The topological polar surface area (TPSA) is 45.4 Å². The molecule has 0 bridgehead atoms. The van der Waals surface area contributed by atoms with Crippen LogP contribution in [0.3, 0.4) is 0 Å². The molecule has 0 spiro atoms. The summed E-state index contributed by atoms with van der Waals surface area (Å²) in [5, 5.41) is 6.54. The molecule has 1 aliphatic heterocycles. The van der Waals surface area contributed by atoms with Crippen LogP contribution in [0, 0.1) is 6.92 Å². The van der Waals surface area contributed by atoms with E-state index in [4.69, 9.17) is 4.52 Å². The number of hydrogen-bond acceptors (Lipinski definition) is 5. The van der Waals surface area contributed by atoms with Crippen molar-refractivity contribution in [2.24, 2.45) is 0 Å². The Labute approximate surface area is 141 Å². The Morgan fingerprint density at radius 3 is 2.38 bits per heavy atom. The lowest BCUT2D eigenvalue weighted by Crippen LogP contribution is -2.45. The zero-order valence-electron chi connectivity index (χ0n) is 14.0. The molecule has 0 saturated carbocycles. The molecule has 4 rings (SSSR count). The molecule has 0 amide bonds. The predicted octanol–water partition coefficient (Wildman–Crippen LogP) is 2.85. The lowest BCUT2D eigenvalue weighted by molar-refractivity contribution is 0.112. The fourth-order valence-corrected chi connectivity index (χ4v) is 3.37. The van der Waals surface area contributed by atoms with Crippen molar-refractivity contribution in [3.8, 4) is 0 Å². The van der Waals surface area contributed by atoms with E-state index in [1.54, 1.807) is 0 Å². The maximum absolute atomic E-state index is 5.22. The van der Waals surface area contributed by atoms with E-state index in [-0.39, 0.29) is 0 Å². The maximum Gasteiger partial charge on any atom is 0.240 e. The first-order valence-corrected chi connectivity index (χ1v) is 8.48. The highest BCUT2D eigenvalue weighted by Gasteiger charge is 2.19. The van der Waals surface area contributed by atoms with Crippen LogP contribution in [-0.4, -0.2) is 46.1 Å². The molecule has 0 aliphatic carbocycles. The number of nitrogens with zero attached hydrogens (tertiary/aromatic N) is 4. The van der Waals surface area contributed by atoms with Gasteiger partial charge in [-0.15, -0.1) is 0 Å². The number of hydrogen-bond donors (Lipinski definition) is 0. The van der Waals surface area contributed by atoms with E-state index < -0.39 is 0 Å². The third-order valence-corrected chi connectivity index (χ3v) is 4.67. The van der Waals surface area contributed by atoms with E-state index in [1.165, 1.54) is 16.3 Å². The van der Waals surface area contributed by atoms with E-state index >= 15 is 0 Å². The summed E-state index contributed by atoms with van der Waals surface area (Å²) < 4.78 is 5.22. The highest BCUT2D eigenvalue weighted by Crippen LogP contribution is 2.20. The summed E-state index contributed by atoms with van der Waals surface area (Å²) >= 11 is 0. The van der Waals surface area contributed by atoms with Gasteiger partial charge in [0.2, 0.25) is 5.89 Å². The van der Waals surface area contributed by atoms with Crippen molar-refractivity contribution in [2.45, 2.75) is 20.0 Å². The molecule has 5 nitrogen and oxygen atoms in total. The van der Waals surface area contributed by atoms with Crippen LogP contribution in [-0.2, 0) is 13.1 Å². The van der Waals surface area contributed by atoms with E-state index in [1.807, 2.05) is 6.92 Å². The average Bonchev–Trinajstić information content (AvgIpc) is 3.02. The molecule has 1 aromatic heterocycles. The van der Waals surface area contributed by atoms with Gasteiger partial charge >= 0.3 is 0 Å². The van der Waals surface area contributed by atoms with Crippen molar-refractivity contribution in [3.05, 3.63) is 59.7 Å². The van der Waals surface area contributed by atoms with Crippen molar-refractivity contribution >= 4 is 10.8 Å². The van der Waals surface area contributed by atoms with E-state index in [0.717, 1.165) is 45.2 Å². The van der Waals surface area contributed by atoms with Crippen LogP contribution in [0.15, 0.2) is 47.0 Å². The SMILES string of the molecule is Cc1noc(CN2CCN(Cc3cccc4ccccc34)CC2)n1. The van der Waals surface area contributed by atoms with Crippen LogP contribution in [0.1, 0.15) is 17.3 Å². The molecular weight excluding hydrogens is 300 g/mol. The van der Waals surface area contributed by atoms with Crippen molar-refractivity contribution in [1.29, 1.82) is 0 Å². The fraction of sp³-hybridized carbons (Fsp3) is 0.368. The monoisotopic (exact) mass is 322 g/mol. The van der Waals surface area contributed by atoms with Crippen LogP contribution < -0.4 is 0 Å². The van der Waals surface area contributed by atoms with Crippen molar-refractivity contribution in [2.75, 3.05) is 26.2 Å². The Morgan fingerprint density at radius 2 is 1.62 bits per heavy atom. The smallest absolute Gasteiger partial charge is 0.240 e. The fourth-order valence-electron chi connectivity index (χ4n) is 3.37. The second-order valence-electron chi connectivity index (χ2n) is 6.43. The predicted molar refractivity (Wildman–Crippen MR) is 93.5 cm³/mol. The lowest BCUT2D eigenvalue weighted by Gasteiger charge is -2.34. The summed E-state index contributed by atoms with van der Waals surface area (Å²) in [6.07, 6.45) is 0. The third-order valence-electron chi connectivity index (χ3n) is 4.67. The molecule has 24 heavy (non-hydrogen) atoms. The zero-order valence-corrected chi connectivity index (χ0v) is 14.0. The van der Waals surface area contributed by atoms with Gasteiger partial charge in [0.1, 0.15) is 0 Å². The number of benzene rings is 2. The zero-order chi connectivity index (χ0) is 16.4. The number of fused-ring (bicyclic) bond motifs is 1. The van der Waals surface area contributed by atoms with Gasteiger partial charge in [-0.05, 0) is 23.3 Å². The van der Waals surface area contributed by atoms with Gasteiger partial charge in [-0.25, -0.2) is 0 Å². The summed E-state index contributed by atoms with van der Waals surface area (Å²) in [6, 6.07) is 15.2. The molecule has 0 unspecified atom stereocenters. The molecule has 1 saturated heterocycles. The second kappa shape index (κ2) is 6.71. The molecule has 124 valence electrons. The Bertz CT molecular complexity index is 816. The minimum atomic E-state index is 0.708. The first-order chi connectivity index (χ1) is 11.8.